The second-order valence-corrected chi connectivity index (χ2v) is 6.98. The molecule has 0 aromatic heterocycles. The summed E-state index contributed by atoms with van der Waals surface area (Å²) in [6.07, 6.45) is 10.1. The third-order valence-electron chi connectivity index (χ3n) is 2.48. The van der Waals surface area contributed by atoms with Crippen LogP contribution in [-0.4, -0.2) is 21.6 Å². The van der Waals surface area contributed by atoms with E-state index in [4.69, 9.17) is 4.18 Å². The lowest BCUT2D eigenvalue weighted by Gasteiger charge is -2.20. The topological polar surface area (TPSA) is 52.6 Å². The molecule has 5 heteroatoms. The van der Waals surface area contributed by atoms with Crippen molar-refractivity contribution >= 4 is 10.4 Å². The van der Waals surface area contributed by atoms with Crippen LogP contribution >= 0.6 is 0 Å². The maximum Gasteiger partial charge on any atom is 0.399 e. The van der Waals surface area contributed by atoms with Crippen LogP contribution in [0, 0.1) is 5.92 Å². The molecule has 4 nitrogen and oxygen atoms in total. The Kier molecular flexibility index (Phi) is 15.8. The summed E-state index contributed by atoms with van der Waals surface area (Å²) in [6, 6.07) is 0. The fourth-order valence-corrected chi connectivity index (χ4v) is 2.21. The molecule has 0 aromatic carbocycles. The standard InChI is InChI=1S/C7H14O4S.C5H10.C4H10/c1-10-12(8,9)11-7-5-3-2-4-6-7;1-3-5-4-2;1-4(2)3/h7H,2-6H2,1H3;3,5H,4H2,1-2H3;4H,1-3H3/b;5-3-;. The van der Waals surface area contributed by atoms with Crippen LogP contribution in [0.4, 0.5) is 0 Å². The Bertz CT molecular complexity index is 325. The van der Waals surface area contributed by atoms with Crippen molar-refractivity contribution in [2.75, 3.05) is 7.11 Å². The van der Waals surface area contributed by atoms with E-state index in [1.807, 2.05) is 6.92 Å². The number of hydrogen-bond donors (Lipinski definition) is 0. The van der Waals surface area contributed by atoms with Gasteiger partial charge in [0.05, 0.1) is 13.2 Å². The minimum absolute atomic E-state index is 0.163. The molecule has 0 aromatic rings. The molecule has 0 bridgehead atoms. The maximum atomic E-state index is 10.8. The summed E-state index contributed by atoms with van der Waals surface area (Å²) in [5, 5.41) is 0. The van der Waals surface area contributed by atoms with E-state index >= 15 is 0 Å². The monoisotopic (exact) mass is 322 g/mol. The molecule has 0 aliphatic heterocycles. The Balaban J connectivity index is 0. The molecule has 21 heavy (non-hydrogen) atoms. The minimum Gasteiger partial charge on any atom is -0.252 e. The molecule has 1 fully saturated rings. The number of allylic oxidation sites excluding steroid dienone is 2. The fourth-order valence-electron chi connectivity index (χ4n) is 1.60. The molecule has 128 valence electrons. The first-order valence-corrected chi connectivity index (χ1v) is 9.22. The maximum absolute atomic E-state index is 10.8. The molecule has 0 spiro atoms. The van der Waals surface area contributed by atoms with Crippen molar-refractivity contribution in [1.29, 1.82) is 0 Å². The Labute approximate surface area is 132 Å². The molecule has 0 atom stereocenters. The average Bonchev–Trinajstić information content (AvgIpc) is 2.40. The first-order chi connectivity index (χ1) is 9.79. The van der Waals surface area contributed by atoms with Crippen LogP contribution in [-0.2, 0) is 18.8 Å². The minimum atomic E-state index is -3.72. The van der Waals surface area contributed by atoms with Crippen molar-refractivity contribution in [3.63, 3.8) is 0 Å². The number of hydrogen-bond acceptors (Lipinski definition) is 4. The van der Waals surface area contributed by atoms with Gasteiger partial charge in [-0.25, -0.2) is 4.18 Å². The first kappa shape index (κ1) is 22.9. The quantitative estimate of drug-likeness (QED) is 0.693. The molecule has 0 saturated heterocycles. The Morgan fingerprint density at radius 1 is 1.14 bits per heavy atom. The lowest BCUT2D eigenvalue weighted by atomic mass is 9.98. The molecule has 0 unspecified atom stereocenters. The summed E-state index contributed by atoms with van der Waals surface area (Å²) in [7, 11) is -2.61. The van der Waals surface area contributed by atoms with Crippen molar-refractivity contribution in [3.8, 4) is 0 Å². The van der Waals surface area contributed by atoms with Gasteiger partial charge in [0.1, 0.15) is 0 Å². The van der Waals surface area contributed by atoms with Crippen molar-refractivity contribution < 1.29 is 16.8 Å². The zero-order chi connectivity index (χ0) is 16.7. The van der Waals surface area contributed by atoms with E-state index < -0.39 is 10.4 Å². The zero-order valence-corrected chi connectivity index (χ0v) is 15.4. The molecular weight excluding hydrogens is 288 g/mol. The highest BCUT2D eigenvalue weighted by Gasteiger charge is 2.20. The second kappa shape index (κ2) is 14.5. The van der Waals surface area contributed by atoms with Crippen LogP contribution in [0.2, 0.25) is 0 Å². The largest absolute Gasteiger partial charge is 0.399 e. The molecule has 1 aliphatic carbocycles. The molecule has 0 heterocycles. The molecule has 0 amide bonds. The van der Waals surface area contributed by atoms with E-state index in [2.05, 4.69) is 44.0 Å². The van der Waals surface area contributed by atoms with Crippen molar-refractivity contribution in [1.82, 2.24) is 0 Å². The predicted octanol–water partition coefficient (Wildman–Crippen LogP) is 4.86. The summed E-state index contributed by atoms with van der Waals surface area (Å²) in [5.74, 6) is 0.833. The zero-order valence-electron chi connectivity index (χ0n) is 14.6. The SMILES string of the molecule is C/C=C\CC.CC(C)C.COS(=O)(=O)OC1CCCCC1. The van der Waals surface area contributed by atoms with Gasteiger partial charge in [-0.1, -0.05) is 59.1 Å². The highest BCUT2D eigenvalue weighted by Crippen LogP contribution is 2.21. The smallest absolute Gasteiger partial charge is 0.252 e. The van der Waals surface area contributed by atoms with Gasteiger partial charge >= 0.3 is 10.4 Å². The summed E-state index contributed by atoms with van der Waals surface area (Å²) < 4.78 is 30.6. The normalized spacial score (nSPS) is 16.1. The van der Waals surface area contributed by atoms with Crippen LogP contribution in [0.15, 0.2) is 12.2 Å². The van der Waals surface area contributed by atoms with E-state index in [0.717, 1.165) is 45.1 Å². The molecule has 1 aliphatic rings. The molecule has 0 radical (unpaired) electrons. The van der Waals surface area contributed by atoms with Crippen molar-refractivity contribution in [2.24, 2.45) is 5.92 Å². The first-order valence-electron chi connectivity index (χ1n) is 7.89. The molecule has 1 rings (SSSR count). The van der Waals surface area contributed by atoms with Gasteiger partial charge in [-0.3, -0.25) is 4.18 Å². The van der Waals surface area contributed by atoms with E-state index in [1.54, 1.807) is 0 Å². The van der Waals surface area contributed by atoms with Crippen molar-refractivity contribution in [2.45, 2.75) is 79.2 Å². The third-order valence-corrected chi connectivity index (χ3v) is 3.40. The fraction of sp³-hybridized carbons (Fsp3) is 0.875. The Morgan fingerprint density at radius 3 is 1.90 bits per heavy atom. The summed E-state index contributed by atoms with van der Waals surface area (Å²) >= 11 is 0. The predicted molar refractivity (Wildman–Crippen MR) is 89.5 cm³/mol. The van der Waals surface area contributed by atoms with E-state index in [-0.39, 0.29) is 6.10 Å². The highest BCUT2D eigenvalue weighted by molar-refractivity contribution is 7.81. The van der Waals surface area contributed by atoms with Gasteiger partial charge in [-0.15, -0.1) is 0 Å². The van der Waals surface area contributed by atoms with Crippen LogP contribution in [0.1, 0.15) is 73.1 Å². The van der Waals surface area contributed by atoms with Gasteiger partial charge in [0, 0.05) is 0 Å². The van der Waals surface area contributed by atoms with Gasteiger partial charge in [0.25, 0.3) is 0 Å². The molecule has 1 saturated carbocycles. The van der Waals surface area contributed by atoms with E-state index in [0.29, 0.717) is 0 Å². The van der Waals surface area contributed by atoms with E-state index in [9.17, 15) is 8.42 Å². The van der Waals surface area contributed by atoms with Gasteiger partial charge in [-0.05, 0) is 32.1 Å². The van der Waals surface area contributed by atoms with Crippen LogP contribution < -0.4 is 0 Å². The van der Waals surface area contributed by atoms with Crippen LogP contribution in [0.3, 0.4) is 0 Å². The Morgan fingerprint density at radius 2 is 1.62 bits per heavy atom. The Hall–Kier alpha value is -0.390. The molecule has 0 N–H and O–H groups in total. The van der Waals surface area contributed by atoms with E-state index in [1.165, 1.54) is 6.42 Å². The summed E-state index contributed by atoms with van der Waals surface area (Å²) in [6.45, 7) is 10.7. The molecular formula is C16H34O4S. The summed E-state index contributed by atoms with van der Waals surface area (Å²) in [4.78, 5) is 0. The average molecular weight is 323 g/mol. The van der Waals surface area contributed by atoms with Crippen LogP contribution in [0.25, 0.3) is 0 Å². The van der Waals surface area contributed by atoms with Gasteiger partial charge in [0.15, 0.2) is 0 Å². The summed E-state index contributed by atoms with van der Waals surface area (Å²) in [5.41, 5.74) is 0. The lowest BCUT2D eigenvalue weighted by molar-refractivity contribution is 0.134. The lowest BCUT2D eigenvalue weighted by Crippen LogP contribution is -2.21. The number of rotatable bonds is 4. The van der Waals surface area contributed by atoms with Gasteiger partial charge < -0.3 is 0 Å². The third kappa shape index (κ3) is 19.6. The second-order valence-electron chi connectivity index (χ2n) is 5.64. The van der Waals surface area contributed by atoms with Crippen molar-refractivity contribution in [3.05, 3.63) is 12.2 Å². The highest BCUT2D eigenvalue weighted by atomic mass is 32.3. The van der Waals surface area contributed by atoms with Crippen LogP contribution in [0.5, 0.6) is 0 Å². The van der Waals surface area contributed by atoms with Gasteiger partial charge in [-0.2, -0.15) is 8.42 Å². The van der Waals surface area contributed by atoms with Gasteiger partial charge in [0.2, 0.25) is 0 Å².